The first-order valence-corrected chi connectivity index (χ1v) is 10.4. The number of fused-ring (bicyclic) bond motifs is 4. The third-order valence-corrected chi connectivity index (χ3v) is 8.02. The predicted molar refractivity (Wildman–Crippen MR) is 99.4 cm³/mol. The zero-order chi connectivity index (χ0) is 21.6. The van der Waals surface area contributed by atoms with Crippen molar-refractivity contribution in [2.75, 3.05) is 13.2 Å². The summed E-state index contributed by atoms with van der Waals surface area (Å²) < 4.78 is 16.6. The monoisotopic (exact) mass is 424 g/mol. The molecule has 0 spiro atoms. The van der Waals surface area contributed by atoms with E-state index in [9.17, 15) is 30.3 Å². The van der Waals surface area contributed by atoms with Gasteiger partial charge in [-0.2, -0.15) is 0 Å². The minimum atomic E-state index is -1.53. The molecule has 2 saturated carbocycles. The molecule has 1 saturated heterocycles. The van der Waals surface area contributed by atoms with Crippen LogP contribution in [0.4, 0.5) is 0 Å². The highest BCUT2D eigenvalue weighted by Crippen LogP contribution is 2.72. The topological polar surface area (TPSA) is 146 Å². The first kappa shape index (κ1) is 20.6. The Labute approximate surface area is 173 Å². The molecule has 0 radical (unpaired) electrons. The van der Waals surface area contributed by atoms with Gasteiger partial charge in [0.05, 0.1) is 18.8 Å². The number of ether oxygens (including phenoxy) is 3. The lowest BCUT2D eigenvalue weighted by molar-refractivity contribution is -0.311. The highest BCUT2D eigenvalue weighted by molar-refractivity contribution is 5.94. The number of esters is 1. The molecule has 10 atom stereocenters. The summed E-state index contributed by atoms with van der Waals surface area (Å²) in [5, 5.41) is 51.2. The molecule has 2 heterocycles. The van der Waals surface area contributed by atoms with Gasteiger partial charge in [0.25, 0.3) is 0 Å². The second kappa shape index (κ2) is 6.59. The zero-order valence-electron chi connectivity index (χ0n) is 16.9. The molecule has 3 fully saturated rings. The third kappa shape index (κ3) is 2.63. The van der Waals surface area contributed by atoms with E-state index in [2.05, 4.69) is 6.92 Å². The van der Waals surface area contributed by atoms with Crippen molar-refractivity contribution in [1.29, 1.82) is 0 Å². The van der Waals surface area contributed by atoms with Gasteiger partial charge in [0, 0.05) is 17.1 Å². The molecule has 5 rings (SSSR count). The lowest BCUT2D eigenvalue weighted by Gasteiger charge is -2.45. The van der Waals surface area contributed by atoms with Crippen LogP contribution in [-0.2, 0) is 19.0 Å². The number of aliphatic hydroxyl groups excluding tert-OH is 4. The average molecular weight is 424 g/mol. The fourth-order valence-electron chi connectivity index (χ4n) is 6.13. The fourth-order valence-corrected chi connectivity index (χ4v) is 6.13. The SMILES string of the molecule is CC1=C2C[C@@H]3[C@](C)(C=C2OC1=O)[C@@H]1C[C@@H]1[C@@]3(O)CO[C@H]1O[C@@H](CO)[C@H](O)[C@@H](O)[C@@H]1O. The van der Waals surface area contributed by atoms with Crippen LogP contribution in [0.25, 0.3) is 0 Å². The molecule has 0 amide bonds. The largest absolute Gasteiger partial charge is 0.423 e. The van der Waals surface area contributed by atoms with E-state index in [0.29, 0.717) is 17.8 Å². The number of carbonyl (C=O) groups excluding carboxylic acids is 1. The van der Waals surface area contributed by atoms with E-state index in [1.165, 1.54) is 0 Å². The summed E-state index contributed by atoms with van der Waals surface area (Å²) in [6, 6.07) is 0. The van der Waals surface area contributed by atoms with Crippen molar-refractivity contribution in [2.45, 2.75) is 63.0 Å². The molecule has 166 valence electrons. The van der Waals surface area contributed by atoms with Gasteiger partial charge in [-0.25, -0.2) is 4.79 Å². The van der Waals surface area contributed by atoms with Gasteiger partial charge in [-0.1, -0.05) is 6.92 Å². The van der Waals surface area contributed by atoms with Crippen LogP contribution in [0.1, 0.15) is 26.7 Å². The first-order chi connectivity index (χ1) is 14.1. The zero-order valence-corrected chi connectivity index (χ0v) is 16.9. The normalized spacial score (nSPS) is 51.8. The number of hydrogen-bond acceptors (Lipinski definition) is 9. The van der Waals surface area contributed by atoms with Crippen LogP contribution in [0.15, 0.2) is 23.0 Å². The van der Waals surface area contributed by atoms with E-state index >= 15 is 0 Å². The van der Waals surface area contributed by atoms with Crippen LogP contribution < -0.4 is 0 Å². The van der Waals surface area contributed by atoms with Gasteiger partial charge in [0.1, 0.15) is 30.2 Å². The maximum Gasteiger partial charge on any atom is 0.339 e. The summed E-state index contributed by atoms with van der Waals surface area (Å²) in [5.74, 6) is 0.278. The molecule has 5 aliphatic rings. The quantitative estimate of drug-likeness (QED) is 0.357. The number of rotatable bonds is 4. The third-order valence-electron chi connectivity index (χ3n) is 8.02. The van der Waals surface area contributed by atoms with Crippen LogP contribution in [0.2, 0.25) is 0 Å². The summed E-state index contributed by atoms with van der Waals surface area (Å²) >= 11 is 0. The van der Waals surface area contributed by atoms with Gasteiger partial charge in [-0.05, 0) is 43.1 Å². The van der Waals surface area contributed by atoms with E-state index in [-0.39, 0.29) is 35.7 Å². The van der Waals surface area contributed by atoms with Gasteiger partial charge in [0.15, 0.2) is 6.29 Å². The number of hydrogen-bond donors (Lipinski definition) is 5. The Morgan fingerprint density at radius 3 is 2.63 bits per heavy atom. The van der Waals surface area contributed by atoms with E-state index in [1.807, 2.05) is 6.08 Å². The van der Waals surface area contributed by atoms with Crippen LogP contribution in [0.3, 0.4) is 0 Å². The van der Waals surface area contributed by atoms with Gasteiger partial charge in [-0.3, -0.25) is 0 Å². The van der Waals surface area contributed by atoms with E-state index < -0.39 is 42.9 Å². The summed E-state index contributed by atoms with van der Waals surface area (Å²) in [7, 11) is 0. The molecule has 2 aliphatic heterocycles. The standard InChI is InChI=1S/C21H28O9/c1-8-9-3-14-20(2,5-12(9)29-18(8)26)10-4-11(10)21(14,27)7-28-19-17(25)16(24)15(23)13(6-22)30-19/h5,10-11,13-17,19,22-25,27H,3-4,6-7H2,1-2H3/t10-,11+,13+,14-,15+,16-,17+,19+,20-,21+/m1/s1. The van der Waals surface area contributed by atoms with Crippen molar-refractivity contribution in [1.82, 2.24) is 0 Å². The van der Waals surface area contributed by atoms with Crippen molar-refractivity contribution < 1.29 is 44.5 Å². The Balaban J connectivity index is 1.38. The minimum absolute atomic E-state index is 0.00432. The van der Waals surface area contributed by atoms with Crippen LogP contribution in [0.5, 0.6) is 0 Å². The van der Waals surface area contributed by atoms with Crippen molar-refractivity contribution in [2.24, 2.45) is 23.2 Å². The molecule has 30 heavy (non-hydrogen) atoms. The Hall–Kier alpha value is -1.33. The molecule has 0 aromatic rings. The molecule has 0 aromatic heterocycles. The van der Waals surface area contributed by atoms with Crippen molar-refractivity contribution in [3.05, 3.63) is 23.0 Å². The smallest absolute Gasteiger partial charge is 0.339 e. The Kier molecular flexibility index (Phi) is 4.51. The Morgan fingerprint density at radius 1 is 1.20 bits per heavy atom. The molecule has 3 aliphatic carbocycles. The minimum Gasteiger partial charge on any atom is -0.423 e. The summed E-state index contributed by atoms with van der Waals surface area (Å²) in [4.78, 5) is 12.0. The molecule has 9 nitrogen and oxygen atoms in total. The lowest BCUT2D eigenvalue weighted by atomic mass is 9.64. The van der Waals surface area contributed by atoms with E-state index in [1.54, 1.807) is 6.92 Å². The molecular formula is C21H28O9. The van der Waals surface area contributed by atoms with Gasteiger partial charge in [0.2, 0.25) is 0 Å². The molecule has 0 aromatic carbocycles. The molecule has 0 unspecified atom stereocenters. The van der Waals surface area contributed by atoms with Crippen LogP contribution in [0, 0.1) is 23.2 Å². The van der Waals surface area contributed by atoms with E-state index in [4.69, 9.17) is 14.2 Å². The average Bonchev–Trinajstić information content (AvgIpc) is 3.45. The van der Waals surface area contributed by atoms with E-state index in [0.717, 1.165) is 12.0 Å². The molecule has 5 N–H and O–H groups in total. The first-order valence-electron chi connectivity index (χ1n) is 10.4. The summed E-state index contributed by atoms with van der Waals surface area (Å²) in [6.07, 6.45) is -3.60. The van der Waals surface area contributed by atoms with Gasteiger partial charge >= 0.3 is 5.97 Å². The molecular weight excluding hydrogens is 396 g/mol. The van der Waals surface area contributed by atoms with Crippen molar-refractivity contribution in [3.63, 3.8) is 0 Å². The Bertz CT molecular complexity index is 834. The molecule has 9 heteroatoms. The maximum absolute atomic E-state index is 12.0. The second-order valence-corrected chi connectivity index (χ2v) is 9.57. The Morgan fingerprint density at radius 2 is 1.93 bits per heavy atom. The highest BCUT2D eigenvalue weighted by Gasteiger charge is 2.73. The van der Waals surface area contributed by atoms with Crippen molar-refractivity contribution >= 4 is 5.97 Å². The van der Waals surface area contributed by atoms with Crippen LogP contribution >= 0.6 is 0 Å². The summed E-state index contributed by atoms with van der Waals surface area (Å²) in [6.45, 7) is 3.11. The summed E-state index contributed by atoms with van der Waals surface area (Å²) in [5.41, 5.74) is -0.183. The predicted octanol–water partition coefficient (Wildman–Crippen LogP) is -1.03. The van der Waals surface area contributed by atoms with Crippen molar-refractivity contribution in [3.8, 4) is 0 Å². The highest BCUT2D eigenvalue weighted by atomic mass is 16.7. The van der Waals surface area contributed by atoms with Gasteiger partial charge < -0.3 is 39.7 Å². The van der Waals surface area contributed by atoms with Crippen LogP contribution in [-0.4, -0.2) is 81.0 Å². The fraction of sp³-hybridized carbons (Fsp3) is 0.762. The molecule has 0 bridgehead atoms. The lowest BCUT2D eigenvalue weighted by Crippen LogP contribution is -2.60. The number of allylic oxidation sites excluding steroid dienone is 2. The second-order valence-electron chi connectivity index (χ2n) is 9.57. The van der Waals surface area contributed by atoms with Gasteiger partial charge in [-0.15, -0.1) is 0 Å². The maximum atomic E-state index is 12.0. The number of carbonyl (C=O) groups is 1. The number of aliphatic hydroxyl groups is 5.